The van der Waals surface area contributed by atoms with Gasteiger partial charge < -0.3 is 15.6 Å². The number of amides is 2. The molecule has 3 N–H and O–H groups in total. The van der Waals surface area contributed by atoms with Crippen molar-refractivity contribution in [2.75, 3.05) is 11.9 Å². The Labute approximate surface area is 258 Å². The summed E-state index contributed by atoms with van der Waals surface area (Å²) in [6.07, 6.45) is 6.50. The van der Waals surface area contributed by atoms with Crippen LogP contribution in [-0.4, -0.2) is 33.9 Å². The molecule has 0 radical (unpaired) electrons. The van der Waals surface area contributed by atoms with Gasteiger partial charge in [-0.05, 0) is 78.2 Å². The molecule has 1 aliphatic heterocycles. The summed E-state index contributed by atoms with van der Waals surface area (Å²) in [4.78, 5) is 29.2. The van der Waals surface area contributed by atoms with Crippen molar-refractivity contribution in [3.05, 3.63) is 126 Å². The molecular weight excluding hydrogens is 544 g/mol. The van der Waals surface area contributed by atoms with Gasteiger partial charge in [0.15, 0.2) is 0 Å². The second-order valence-electron chi connectivity index (χ2n) is 12.2. The van der Waals surface area contributed by atoms with Gasteiger partial charge >= 0.3 is 0 Å². The summed E-state index contributed by atoms with van der Waals surface area (Å²) in [5.74, 6) is -0.246. The monoisotopic (exact) mass is 582 g/mol. The first kappa shape index (κ1) is 28.1. The Balaban J connectivity index is 1.09. The zero-order valence-corrected chi connectivity index (χ0v) is 24.9. The molecule has 6 heteroatoms. The zero-order valence-electron chi connectivity index (χ0n) is 24.9. The maximum atomic E-state index is 13.6. The Kier molecular flexibility index (Phi) is 7.52. The van der Waals surface area contributed by atoms with Crippen LogP contribution in [0, 0.1) is 0 Å². The summed E-state index contributed by atoms with van der Waals surface area (Å²) in [5.41, 5.74) is 12.7. The Morgan fingerprint density at radius 1 is 0.818 bits per heavy atom. The molecule has 7 rings (SSSR count). The van der Waals surface area contributed by atoms with Crippen LogP contribution in [0.2, 0.25) is 0 Å². The Morgan fingerprint density at radius 3 is 2.25 bits per heavy atom. The molecule has 2 heterocycles. The molecule has 2 aliphatic rings. The lowest BCUT2D eigenvalue weighted by molar-refractivity contribution is -0.123. The van der Waals surface area contributed by atoms with Gasteiger partial charge in [0.1, 0.15) is 0 Å². The number of anilines is 1. The van der Waals surface area contributed by atoms with Crippen molar-refractivity contribution in [1.29, 1.82) is 0 Å². The number of hydrogen-bond acceptors (Lipinski definition) is 3. The molecule has 1 aliphatic carbocycles. The number of carbonyl (C=O) groups is 2. The number of piperidine rings is 1. The minimum Gasteiger partial charge on any atom is -0.369 e. The Hall–Kier alpha value is -4.68. The van der Waals surface area contributed by atoms with E-state index in [9.17, 15) is 9.59 Å². The summed E-state index contributed by atoms with van der Waals surface area (Å²) < 4.78 is 2.22. The summed E-state index contributed by atoms with van der Waals surface area (Å²) in [5, 5.41) is 4.29. The molecule has 1 atom stereocenters. The van der Waals surface area contributed by atoms with Gasteiger partial charge in [0, 0.05) is 24.7 Å². The molecule has 0 saturated carbocycles. The second kappa shape index (κ2) is 11.8. The first-order valence-corrected chi connectivity index (χ1v) is 15.7. The number of rotatable bonds is 9. The smallest absolute Gasteiger partial charge is 0.241 e. The number of nitrogens with one attached hydrogen (secondary N) is 1. The van der Waals surface area contributed by atoms with Crippen molar-refractivity contribution < 1.29 is 9.59 Å². The molecule has 1 unspecified atom stereocenters. The van der Waals surface area contributed by atoms with Crippen molar-refractivity contribution in [3.63, 3.8) is 0 Å². The average molecular weight is 583 g/mol. The second-order valence-corrected chi connectivity index (χ2v) is 12.2. The number of aromatic nitrogens is 1. The minimum absolute atomic E-state index is 0.0582. The van der Waals surface area contributed by atoms with Crippen molar-refractivity contribution in [3.8, 4) is 11.1 Å². The Morgan fingerprint density at radius 2 is 1.52 bits per heavy atom. The molecule has 4 aromatic carbocycles. The van der Waals surface area contributed by atoms with E-state index in [4.69, 9.17) is 5.73 Å². The van der Waals surface area contributed by atoms with Gasteiger partial charge in [0.25, 0.3) is 0 Å². The number of benzene rings is 4. The predicted molar refractivity (Wildman–Crippen MR) is 176 cm³/mol. The lowest BCUT2D eigenvalue weighted by Gasteiger charge is -2.34. The highest BCUT2D eigenvalue weighted by atomic mass is 16.2. The van der Waals surface area contributed by atoms with E-state index < -0.39 is 5.41 Å². The van der Waals surface area contributed by atoms with Gasteiger partial charge in [-0.15, -0.1) is 0 Å². The highest BCUT2D eigenvalue weighted by Gasteiger charge is 2.47. The molecule has 1 saturated heterocycles. The van der Waals surface area contributed by atoms with Crippen LogP contribution >= 0.6 is 0 Å². The fourth-order valence-electron chi connectivity index (χ4n) is 7.54. The molecule has 1 fully saturated rings. The number of primary amides is 1. The van der Waals surface area contributed by atoms with Crippen LogP contribution in [0.5, 0.6) is 0 Å². The SMILES string of the molecule is NC(=O)C1(CCCn2ccc3c(NC(=O)C4CCCCN4Cc4ccccc4)cccc32)c2ccccc2-c2ccccc21. The van der Waals surface area contributed by atoms with Crippen LogP contribution in [0.3, 0.4) is 0 Å². The Bertz CT molecular complexity index is 1780. The van der Waals surface area contributed by atoms with Gasteiger partial charge in [0.2, 0.25) is 11.8 Å². The third-order valence-corrected chi connectivity index (χ3v) is 9.65. The van der Waals surface area contributed by atoms with Crippen molar-refractivity contribution >= 4 is 28.4 Å². The predicted octanol–water partition coefficient (Wildman–Crippen LogP) is 6.87. The molecule has 6 nitrogen and oxygen atoms in total. The fraction of sp³-hybridized carbons (Fsp3) is 0.263. The van der Waals surface area contributed by atoms with E-state index in [1.807, 2.05) is 54.6 Å². The molecule has 2 amide bonds. The van der Waals surface area contributed by atoms with Crippen LogP contribution in [-0.2, 0) is 28.1 Å². The first-order chi connectivity index (χ1) is 21.6. The van der Waals surface area contributed by atoms with Crippen molar-refractivity contribution in [2.24, 2.45) is 5.73 Å². The van der Waals surface area contributed by atoms with Crippen LogP contribution in [0.4, 0.5) is 5.69 Å². The summed E-state index contributed by atoms with van der Waals surface area (Å²) in [7, 11) is 0. The molecule has 5 aromatic rings. The van der Waals surface area contributed by atoms with Gasteiger partial charge in [-0.25, -0.2) is 0 Å². The summed E-state index contributed by atoms with van der Waals surface area (Å²) >= 11 is 0. The van der Waals surface area contributed by atoms with E-state index in [1.54, 1.807) is 0 Å². The highest BCUT2D eigenvalue weighted by Crippen LogP contribution is 2.51. The highest BCUT2D eigenvalue weighted by molar-refractivity contribution is 6.03. The number of nitrogens with two attached hydrogens (primary N) is 1. The van der Waals surface area contributed by atoms with E-state index >= 15 is 0 Å². The molecule has 0 spiro atoms. The van der Waals surface area contributed by atoms with Gasteiger partial charge in [0.05, 0.1) is 22.7 Å². The minimum atomic E-state index is -0.846. The van der Waals surface area contributed by atoms with Crippen molar-refractivity contribution in [1.82, 2.24) is 9.47 Å². The molecular formula is C38H38N4O2. The number of fused-ring (bicyclic) bond motifs is 4. The van der Waals surface area contributed by atoms with Crippen LogP contribution < -0.4 is 11.1 Å². The number of carbonyl (C=O) groups excluding carboxylic acids is 2. The summed E-state index contributed by atoms with van der Waals surface area (Å²) in [6.45, 7) is 2.43. The normalized spacial score (nSPS) is 17.2. The fourth-order valence-corrected chi connectivity index (χ4v) is 7.54. The van der Waals surface area contributed by atoms with Gasteiger partial charge in [-0.2, -0.15) is 0 Å². The third kappa shape index (κ3) is 4.89. The standard InChI is InChI=1S/C38H38N4O2/c39-37(44)38(31-16-6-4-14-28(31)29-15-5-7-17-32(29)38)22-11-24-41-25-21-30-33(18-10-20-34(30)41)40-36(43)35-19-8-9-23-42(35)26-27-12-2-1-3-13-27/h1-7,10,12-18,20-21,25,35H,8-9,11,19,22-24,26H2,(H2,39,44)(H,40,43). The summed E-state index contributed by atoms with van der Waals surface area (Å²) in [6, 6.07) is 34.7. The zero-order chi connectivity index (χ0) is 30.1. The molecule has 44 heavy (non-hydrogen) atoms. The molecule has 0 bridgehead atoms. The lowest BCUT2D eigenvalue weighted by atomic mass is 9.74. The van der Waals surface area contributed by atoms with Gasteiger partial charge in [-0.3, -0.25) is 14.5 Å². The first-order valence-electron chi connectivity index (χ1n) is 15.7. The number of nitrogens with zero attached hydrogens (tertiary/aromatic N) is 2. The maximum Gasteiger partial charge on any atom is 0.241 e. The quantitative estimate of drug-likeness (QED) is 0.199. The molecule has 1 aromatic heterocycles. The van der Waals surface area contributed by atoms with Crippen LogP contribution in [0.25, 0.3) is 22.0 Å². The van der Waals surface area contributed by atoms with E-state index in [-0.39, 0.29) is 17.9 Å². The van der Waals surface area contributed by atoms with Gasteiger partial charge in [-0.1, -0.05) is 91.3 Å². The van der Waals surface area contributed by atoms with E-state index in [2.05, 4.69) is 69.5 Å². The number of hydrogen-bond donors (Lipinski definition) is 2. The lowest BCUT2D eigenvalue weighted by Crippen LogP contribution is -2.46. The number of aryl methyl sites for hydroxylation is 1. The average Bonchev–Trinajstić information content (AvgIpc) is 3.60. The van der Waals surface area contributed by atoms with Crippen LogP contribution in [0.15, 0.2) is 109 Å². The van der Waals surface area contributed by atoms with E-state index in [1.165, 1.54) is 5.56 Å². The number of likely N-dealkylation sites (tertiary alicyclic amines) is 1. The van der Waals surface area contributed by atoms with E-state index in [0.29, 0.717) is 6.42 Å². The van der Waals surface area contributed by atoms with E-state index in [0.717, 1.165) is 84.2 Å². The third-order valence-electron chi connectivity index (χ3n) is 9.65. The molecule has 222 valence electrons. The van der Waals surface area contributed by atoms with Crippen molar-refractivity contribution in [2.45, 2.75) is 56.7 Å². The largest absolute Gasteiger partial charge is 0.369 e. The maximum absolute atomic E-state index is 13.6. The topological polar surface area (TPSA) is 80.4 Å². The van der Waals surface area contributed by atoms with Crippen LogP contribution in [0.1, 0.15) is 48.8 Å².